The minimum absolute atomic E-state index is 0.0115. The molecule has 4 N–H and O–H groups in total. The normalized spacial score (nSPS) is 11.3. The number of hydrogen-bond donors (Lipinski definition) is 3. The van der Waals surface area contributed by atoms with Crippen LogP contribution in [0, 0.1) is 5.41 Å². The van der Waals surface area contributed by atoms with Crippen LogP contribution in [0.3, 0.4) is 0 Å². The Labute approximate surface area is 223 Å². The molecule has 0 saturated heterocycles. The average Bonchev–Trinajstić information content (AvgIpc) is 2.95. The largest absolute Gasteiger partial charge is 0.493 e. The van der Waals surface area contributed by atoms with Gasteiger partial charge in [-0.15, -0.1) is 0 Å². The van der Waals surface area contributed by atoms with Crippen molar-refractivity contribution < 1.29 is 14.3 Å². The van der Waals surface area contributed by atoms with Crippen LogP contribution < -0.4 is 20.5 Å². The van der Waals surface area contributed by atoms with Crippen LogP contribution in [0.15, 0.2) is 103 Å². The fraction of sp³-hybridized carbons (Fsp3) is 0.161. The van der Waals surface area contributed by atoms with Crippen LogP contribution in [0.2, 0.25) is 0 Å². The molecule has 1 amide bonds. The molecule has 4 rings (SSSR count). The highest BCUT2D eigenvalue weighted by molar-refractivity contribution is 5.95. The van der Waals surface area contributed by atoms with Gasteiger partial charge in [-0.3, -0.25) is 10.2 Å². The van der Waals surface area contributed by atoms with Gasteiger partial charge in [-0.05, 0) is 53.1 Å². The number of carbonyl (C=O) groups excluding carboxylic acids is 1. The van der Waals surface area contributed by atoms with Gasteiger partial charge >= 0.3 is 0 Å². The van der Waals surface area contributed by atoms with Gasteiger partial charge in [0.1, 0.15) is 18.5 Å². The van der Waals surface area contributed by atoms with E-state index >= 15 is 0 Å². The molecule has 0 aliphatic heterocycles. The molecular formula is C31H32N4O3. The van der Waals surface area contributed by atoms with Gasteiger partial charge in [-0.25, -0.2) is 0 Å². The van der Waals surface area contributed by atoms with Crippen molar-refractivity contribution in [1.29, 1.82) is 5.41 Å². The van der Waals surface area contributed by atoms with E-state index in [1.807, 2.05) is 91.0 Å². The summed E-state index contributed by atoms with van der Waals surface area (Å²) in [5.41, 5.74) is 9.75. The molecule has 1 atom stereocenters. The number of ether oxygens (including phenoxy) is 2. The molecule has 7 heteroatoms. The first-order valence-electron chi connectivity index (χ1n) is 12.3. The maximum absolute atomic E-state index is 13.8. The molecule has 0 saturated carbocycles. The van der Waals surface area contributed by atoms with Gasteiger partial charge in [0.15, 0.2) is 11.5 Å². The SMILES string of the molecule is COc1cc(C(Nc2ccc(C(=N)N)cc2)C(=O)N(C)Cc2ccccc2)ccc1OCc1ccccc1. The van der Waals surface area contributed by atoms with Gasteiger partial charge in [0.2, 0.25) is 5.91 Å². The molecule has 0 fully saturated rings. The lowest BCUT2D eigenvalue weighted by molar-refractivity contribution is -0.131. The summed E-state index contributed by atoms with van der Waals surface area (Å²) in [4.78, 5) is 15.5. The number of methoxy groups -OCH3 is 1. The highest BCUT2D eigenvalue weighted by Crippen LogP contribution is 2.33. The smallest absolute Gasteiger partial charge is 0.249 e. The number of hydrogen-bond acceptors (Lipinski definition) is 5. The number of benzene rings is 4. The van der Waals surface area contributed by atoms with E-state index in [4.69, 9.17) is 20.6 Å². The molecule has 7 nitrogen and oxygen atoms in total. The molecule has 0 aromatic heterocycles. The molecule has 0 aliphatic rings. The van der Waals surface area contributed by atoms with Crippen LogP contribution in [0.5, 0.6) is 11.5 Å². The third-order valence-electron chi connectivity index (χ3n) is 6.15. The van der Waals surface area contributed by atoms with Crippen molar-refractivity contribution >= 4 is 17.4 Å². The number of amidine groups is 1. The van der Waals surface area contributed by atoms with Crippen LogP contribution in [0.4, 0.5) is 5.69 Å². The molecule has 0 aliphatic carbocycles. The first-order valence-corrected chi connectivity index (χ1v) is 12.3. The van der Waals surface area contributed by atoms with E-state index in [-0.39, 0.29) is 11.7 Å². The zero-order chi connectivity index (χ0) is 26.9. The van der Waals surface area contributed by atoms with E-state index in [1.54, 1.807) is 31.2 Å². The maximum Gasteiger partial charge on any atom is 0.249 e. The van der Waals surface area contributed by atoms with E-state index in [0.29, 0.717) is 30.2 Å². The van der Waals surface area contributed by atoms with Crippen molar-refractivity contribution in [2.24, 2.45) is 5.73 Å². The van der Waals surface area contributed by atoms with Gasteiger partial charge in [0.25, 0.3) is 0 Å². The summed E-state index contributed by atoms with van der Waals surface area (Å²) in [6.07, 6.45) is 0. The summed E-state index contributed by atoms with van der Waals surface area (Å²) in [5, 5.41) is 11.0. The summed E-state index contributed by atoms with van der Waals surface area (Å²) in [7, 11) is 3.37. The van der Waals surface area contributed by atoms with Crippen LogP contribution in [-0.2, 0) is 17.9 Å². The second-order valence-electron chi connectivity index (χ2n) is 8.93. The van der Waals surface area contributed by atoms with Gasteiger partial charge in [0, 0.05) is 24.8 Å². The summed E-state index contributed by atoms with van der Waals surface area (Å²) >= 11 is 0. The average molecular weight is 509 g/mol. The van der Waals surface area contributed by atoms with Crippen molar-refractivity contribution in [3.05, 3.63) is 125 Å². The van der Waals surface area contributed by atoms with Crippen LogP contribution >= 0.6 is 0 Å². The Balaban J connectivity index is 1.61. The topological polar surface area (TPSA) is 101 Å². The second kappa shape index (κ2) is 12.5. The van der Waals surface area contributed by atoms with Gasteiger partial charge in [0.05, 0.1) is 7.11 Å². The Kier molecular flexibility index (Phi) is 8.61. The lowest BCUT2D eigenvalue weighted by Gasteiger charge is -2.26. The van der Waals surface area contributed by atoms with Crippen molar-refractivity contribution in [3.63, 3.8) is 0 Å². The van der Waals surface area contributed by atoms with E-state index in [9.17, 15) is 4.79 Å². The highest BCUT2D eigenvalue weighted by atomic mass is 16.5. The summed E-state index contributed by atoms with van der Waals surface area (Å²) in [6, 6.07) is 31.7. The molecule has 38 heavy (non-hydrogen) atoms. The molecule has 194 valence electrons. The predicted molar refractivity (Wildman–Crippen MR) is 151 cm³/mol. The quantitative estimate of drug-likeness (QED) is 0.187. The molecule has 4 aromatic carbocycles. The fourth-order valence-corrected chi connectivity index (χ4v) is 4.07. The number of rotatable bonds is 11. The lowest BCUT2D eigenvalue weighted by atomic mass is 10.0. The number of nitrogens with two attached hydrogens (primary N) is 1. The molecule has 0 spiro atoms. The number of nitrogen functional groups attached to an aromatic ring is 1. The van der Waals surface area contributed by atoms with Gasteiger partial charge in [-0.1, -0.05) is 66.7 Å². The number of nitrogens with zero attached hydrogens (tertiary/aromatic N) is 1. The number of nitrogens with one attached hydrogen (secondary N) is 2. The summed E-state index contributed by atoms with van der Waals surface area (Å²) in [5.74, 6) is 1.01. The number of amides is 1. The van der Waals surface area contributed by atoms with Gasteiger partial charge in [-0.2, -0.15) is 0 Å². The van der Waals surface area contributed by atoms with Crippen molar-refractivity contribution in [1.82, 2.24) is 4.90 Å². The monoisotopic (exact) mass is 508 g/mol. The van der Waals surface area contributed by atoms with Crippen molar-refractivity contribution in [2.45, 2.75) is 19.2 Å². The standard InChI is InChI=1S/C31H32N4O3/c1-35(20-22-9-5-3-6-10-22)31(36)29(34-26-16-13-24(14-17-26)30(32)33)25-15-18-27(28(19-25)37-2)38-21-23-11-7-4-8-12-23/h3-19,29,34H,20-21H2,1-2H3,(H3,32,33). The van der Waals surface area contributed by atoms with Crippen molar-refractivity contribution in [3.8, 4) is 11.5 Å². The number of anilines is 1. The molecule has 0 bridgehead atoms. The first-order chi connectivity index (χ1) is 18.4. The Morgan fingerprint density at radius 1 is 0.895 bits per heavy atom. The Bertz CT molecular complexity index is 1360. The van der Waals surface area contributed by atoms with E-state index in [0.717, 1.165) is 22.4 Å². The zero-order valence-electron chi connectivity index (χ0n) is 21.6. The Morgan fingerprint density at radius 3 is 2.13 bits per heavy atom. The highest BCUT2D eigenvalue weighted by Gasteiger charge is 2.25. The number of likely N-dealkylation sites (N-methyl/N-ethyl adjacent to an activating group) is 1. The third kappa shape index (κ3) is 6.70. The molecule has 0 heterocycles. The first kappa shape index (κ1) is 26.3. The van der Waals surface area contributed by atoms with E-state index < -0.39 is 6.04 Å². The molecule has 1 unspecified atom stereocenters. The minimum atomic E-state index is -0.691. The maximum atomic E-state index is 13.8. The fourth-order valence-electron chi connectivity index (χ4n) is 4.07. The number of carbonyl (C=O) groups is 1. The van der Waals surface area contributed by atoms with Crippen LogP contribution in [0.25, 0.3) is 0 Å². The summed E-state index contributed by atoms with van der Waals surface area (Å²) in [6.45, 7) is 0.871. The second-order valence-corrected chi connectivity index (χ2v) is 8.93. The van der Waals surface area contributed by atoms with Crippen LogP contribution in [0.1, 0.15) is 28.3 Å². The van der Waals surface area contributed by atoms with Crippen molar-refractivity contribution in [2.75, 3.05) is 19.5 Å². The molecule has 4 aromatic rings. The molecular weight excluding hydrogens is 476 g/mol. The van der Waals surface area contributed by atoms with Gasteiger partial charge < -0.3 is 25.4 Å². The third-order valence-corrected chi connectivity index (χ3v) is 6.15. The minimum Gasteiger partial charge on any atom is -0.493 e. The van der Waals surface area contributed by atoms with E-state index in [1.165, 1.54) is 0 Å². The lowest BCUT2D eigenvalue weighted by Crippen LogP contribution is -2.35. The predicted octanol–water partition coefficient (Wildman–Crippen LogP) is 5.37. The van der Waals surface area contributed by atoms with E-state index in [2.05, 4.69) is 5.32 Å². The molecule has 0 radical (unpaired) electrons. The Morgan fingerprint density at radius 2 is 1.53 bits per heavy atom. The Hall–Kier alpha value is -4.78. The summed E-state index contributed by atoms with van der Waals surface area (Å²) < 4.78 is 11.7. The van der Waals surface area contributed by atoms with Crippen LogP contribution in [-0.4, -0.2) is 30.8 Å². The zero-order valence-corrected chi connectivity index (χ0v) is 21.6.